The van der Waals surface area contributed by atoms with Crippen molar-refractivity contribution in [1.82, 2.24) is 9.80 Å². The monoisotopic (exact) mass is 450 g/mol. The molecule has 2 aromatic carbocycles. The van der Waals surface area contributed by atoms with Crippen molar-refractivity contribution in [3.05, 3.63) is 69.9 Å². The minimum Gasteiger partial charge on any atom is -0.449 e. The number of piperazine rings is 1. The Kier molecular flexibility index (Phi) is 5.43. The summed E-state index contributed by atoms with van der Waals surface area (Å²) >= 11 is 6.15. The van der Waals surface area contributed by atoms with E-state index in [4.69, 9.17) is 16.0 Å². The van der Waals surface area contributed by atoms with Gasteiger partial charge in [-0.3, -0.25) is 9.59 Å². The second kappa shape index (κ2) is 7.92. The number of carbonyl (C=O) groups is 2. The van der Waals surface area contributed by atoms with Crippen molar-refractivity contribution in [3.8, 4) is 0 Å². The third-order valence-corrected chi connectivity index (χ3v) is 5.72. The zero-order valence-corrected chi connectivity index (χ0v) is 17.3. The second-order valence-electron chi connectivity index (χ2n) is 7.30. The van der Waals surface area contributed by atoms with Crippen molar-refractivity contribution < 1.29 is 27.2 Å². The molecule has 1 saturated heterocycles. The van der Waals surface area contributed by atoms with E-state index >= 15 is 0 Å². The average molecular weight is 451 g/mol. The number of para-hydroxylation sites is 1. The van der Waals surface area contributed by atoms with Crippen LogP contribution in [0.4, 0.5) is 13.2 Å². The maximum Gasteiger partial charge on any atom is 0.417 e. The fraction of sp³-hybridized carbons (Fsp3) is 0.273. The molecule has 1 aromatic heterocycles. The minimum atomic E-state index is -4.62. The number of hydrogen-bond donors (Lipinski definition) is 0. The number of carbonyl (C=O) groups excluding carboxylic acids is 2. The number of halogens is 4. The van der Waals surface area contributed by atoms with E-state index in [-0.39, 0.29) is 37.8 Å². The summed E-state index contributed by atoms with van der Waals surface area (Å²) < 4.78 is 45.4. The number of rotatable bonds is 2. The van der Waals surface area contributed by atoms with Gasteiger partial charge in [0.15, 0.2) is 11.3 Å². The molecular formula is C22H18ClF3N2O3. The fourth-order valence-corrected chi connectivity index (χ4v) is 3.97. The maximum atomic E-state index is 13.2. The number of furan rings is 1. The Balaban J connectivity index is 1.50. The van der Waals surface area contributed by atoms with Crippen LogP contribution in [0.1, 0.15) is 32.0 Å². The van der Waals surface area contributed by atoms with Gasteiger partial charge in [0.25, 0.3) is 11.8 Å². The molecule has 0 aliphatic carbocycles. The molecule has 2 amide bonds. The SMILES string of the molecule is Cc1c(C(=O)N2CCN(C(=O)c3ccccc3C(F)(F)F)CC2)oc2c(Cl)cccc12. The minimum absolute atomic E-state index is 0.122. The van der Waals surface area contributed by atoms with Crippen LogP contribution in [0, 0.1) is 6.92 Å². The van der Waals surface area contributed by atoms with Crippen LogP contribution in [0.15, 0.2) is 46.9 Å². The van der Waals surface area contributed by atoms with Crippen molar-refractivity contribution in [2.45, 2.75) is 13.1 Å². The second-order valence-corrected chi connectivity index (χ2v) is 7.71. The summed E-state index contributed by atoms with van der Waals surface area (Å²) in [6.07, 6.45) is -4.62. The van der Waals surface area contributed by atoms with E-state index in [1.165, 1.54) is 28.0 Å². The molecule has 9 heteroatoms. The van der Waals surface area contributed by atoms with Gasteiger partial charge in [0.05, 0.1) is 16.1 Å². The molecule has 0 N–H and O–H groups in total. The summed E-state index contributed by atoms with van der Waals surface area (Å²) in [5.41, 5.74) is -0.256. The lowest BCUT2D eigenvalue weighted by Crippen LogP contribution is -2.50. The predicted molar refractivity (Wildman–Crippen MR) is 109 cm³/mol. The number of nitrogens with zero attached hydrogens (tertiary/aromatic N) is 2. The number of alkyl halides is 3. The third kappa shape index (κ3) is 3.87. The first-order chi connectivity index (χ1) is 14.7. The van der Waals surface area contributed by atoms with Gasteiger partial charge in [-0.15, -0.1) is 0 Å². The van der Waals surface area contributed by atoms with Crippen LogP contribution in [0.2, 0.25) is 5.02 Å². The molecule has 0 saturated carbocycles. The number of hydrogen-bond acceptors (Lipinski definition) is 3. The largest absolute Gasteiger partial charge is 0.449 e. The summed E-state index contributed by atoms with van der Waals surface area (Å²) in [5.74, 6) is -0.871. The standard InChI is InChI=1S/C22H18ClF3N2O3/c1-13-14-6-4-8-17(23)19(14)31-18(13)21(30)28-11-9-27(10-12-28)20(29)15-5-2-3-7-16(15)22(24,25)26/h2-8H,9-12H2,1H3. The van der Waals surface area contributed by atoms with E-state index in [0.717, 1.165) is 11.5 Å². The predicted octanol–water partition coefficient (Wildman–Crippen LogP) is 5.01. The lowest BCUT2D eigenvalue weighted by atomic mass is 10.1. The zero-order chi connectivity index (χ0) is 22.3. The van der Waals surface area contributed by atoms with Crippen LogP contribution in [0.3, 0.4) is 0 Å². The van der Waals surface area contributed by atoms with Crippen molar-refractivity contribution in [2.24, 2.45) is 0 Å². The average Bonchev–Trinajstić information content (AvgIpc) is 3.10. The van der Waals surface area contributed by atoms with E-state index in [1.54, 1.807) is 19.1 Å². The van der Waals surface area contributed by atoms with Gasteiger partial charge in [0, 0.05) is 37.1 Å². The highest BCUT2D eigenvalue weighted by atomic mass is 35.5. The van der Waals surface area contributed by atoms with Gasteiger partial charge < -0.3 is 14.2 Å². The van der Waals surface area contributed by atoms with E-state index < -0.39 is 23.2 Å². The van der Waals surface area contributed by atoms with E-state index in [9.17, 15) is 22.8 Å². The zero-order valence-electron chi connectivity index (χ0n) is 16.5. The van der Waals surface area contributed by atoms with E-state index in [0.29, 0.717) is 16.2 Å². The van der Waals surface area contributed by atoms with Crippen molar-refractivity contribution >= 4 is 34.4 Å². The molecule has 0 atom stereocenters. The molecular weight excluding hydrogens is 433 g/mol. The van der Waals surface area contributed by atoms with Crippen molar-refractivity contribution in [2.75, 3.05) is 26.2 Å². The molecule has 1 aliphatic rings. The van der Waals surface area contributed by atoms with Crippen LogP contribution in [0.25, 0.3) is 11.0 Å². The topological polar surface area (TPSA) is 53.8 Å². The van der Waals surface area contributed by atoms with Crippen molar-refractivity contribution in [1.29, 1.82) is 0 Å². The van der Waals surface area contributed by atoms with Crippen LogP contribution in [-0.4, -0.2) is 47.8 Å². The Hall–Kier alpha value is -3.00. The highest BCUT2D eigenvalue weighted by Gasteiger charge is 2.37. The molecule has 31 heavy (non-hydrogen) atoms. The van der Waals surface area contributed by atoms with Gasteiger partial charge in [-0.25, -0.2) is 0 Å². The third-order valence-electron chi connectivity index (χ3n) is 5.43. The molecule has 0 bridgehead atoms. The summed E-state index contributed by atoms with van der Waals surface area (Å²) in [6.45, 7) is 2.38. The molecule has 4 rings (SSSR count). The molecule has 0 radical (unpaired) electrons. The first-order valence-electron chi connectivity index (χ1n) is 9.61. The van der Waals surface area contributed by atoms with Gasteiger partial charge in [-0.2, -0.15) is 13.2 Å². The van der Waals surface area contributed by atoms with Gasteiger partial charge in [0.2, 0.25) is 0 Å². The van der Waals surface area contributed by atoms with Crippen LogP contribution in [0.5, 0.6) is 0 Å². The number of aryl methyl sites for hydroxylation is 1. The van der Waals surface area contributed by atoms with Crippen LogP contribution >= 0.6 is 11.6 Å². The molecule has 2 heterocycles. The number of amides is 2. The fourth-order valence-electron chi connectivity index (χ4n) is 3.76. The molecule has 5 nitrogen and oxygen atoms in total. The first-order valence-corrected chi connectivity index (χ1v) is 9.98. The van der Waals surface area contributed by atoms with Crippen molar-refractivity contribution in [3.63, 3.8) is 0 Å². The first kappa shape index (κ1) is 21.2. The van der Waals surface area contributed by atoms with Gasteiger partial charge in [0.1, 0.15) is 0 Å². The highest BCUT2D eigenvalue weighted by Crippen LogP contribution is 2.33. The molecule has 0 unspecified atom stereocenters. The maximum absolute atomic E-state index is 13.2. The smallest absolute Gasteiger partial charge is 0.417 e. The lowest BCUT2D eigenvalue weighted by Gasteiger charge is -2.34. The van der Waals surface area contributed by atoms with E-state index in [2.05, 4.69) is 0 Å². The Morgan fingerprint density at radius 1 is 0.935 bits per heavy atom. The summed E-state index contributed by atoms with van der Waals surface area (Å²) in [5, 5.41) is 1.15. The molecule has 0 spiro atoms. The Bertz CT molecular complexity index is 1160. The normalized spacial score (nSPS) is 14.9. The van der Waals surface area contributed by atoms with Gasteiger partial charge in [-0.05, 0) is 25.1 Å². The summed E-state index contributed by atoms with van der Waals surface area (Å²) in [6, 6.07) is 9.96. The summed E-state index contributed by atoms with van der Waals surface area (Å²) in [4.78, 5) is 28.5. The molecule has 3 aromatic rings. The van der Waals surface area contributed by atoms with Gasteiger partial charge in [-0.1, -0.05) is 35.9 Å². The quantitative estimate of drug-likeness (QED) is 0.551. The Morgan fingerprint density at radius 3 is 2.16 bits per heavy atom. The summed E-state index contributed by atoms with van der Waals surface area (Å²) in [7, 11) is 0. The Labute approximate surface area is 181 Å². The van der Waals surface area contributed by atoms with E-state index in [1.807, 2.05) is 6.07 Å². The molecule has 1 aliphatic heterocycles. The molecule has 162 valence electrons. The number of fused-ring (bicyclic) bond motifs is 1. The van der Waals surface area contributed by atoms with Gasteiger partial charge >= 0.3 is 6.18 Å². The Morgan fingerprint density at radius 2 is 1.55 bits per heavy atom. The highest BCUT2D eigenvalue weighted by molar-refractivity contribution is 6.35. The molecule has 1 fully saturated rings. The van der Waals surface area contributed by atoms with Crippen LogP contribution in [-0.2, 0) is 6.18 Å². The lowest BCUT2D eigenvalue weighted by molar-refractivity contribution is -0.138. The number of benzene rings is 2. The van der Waals surface area contributed by atoms with Crippen LogP contribution < -0.4 is 0 Å².